The number of nitrogens with zero attached hydrogens (tertiary/aromatic N) is 1. The number of aromatic amines is 1. The van der Waals surface area contributed by atoms with Gasteiger partial charge in [-0.15, -0.1) is 0 Å². The van der Waals surface area contributed by atoms with E-state index in [1.807, 2.05) is 60.7 Å². The Morgan fingerprint density at radius 1 is 0.778 bits per heavy atom. The lowest BCUT2D eigenvalue weighted by molar-refractivity contribution is 0.0497. The van der Waals surface area contributed by atoms with Crippen LogP contribution in [0.25, 0.3) is 10.9 Å². The van der Waals surface area contributed by atoms with E-state index in [0.717, 1.165) is 65.7 Å². The van der Waals surface area contributed by atoms with Gasteiger partial charge in [-0.2, -0.15) is 0 Å². The molecule has 3 aromatic carbocycles. The molecule has 0 saturated heterocycles. The van der Waals surface area contributed by atoms with Crippen molar-refractivity contribution >= 4 is 22.6 Å². The number of aryl methyl sites for hydroxylation is 1. The van der Waals surface area contributed by atoms with E-state index in [9.17, 15) is 4.79 Å². The second-order valence-electron chi connectivity index (χ2n) is 10.2. The molecule has 0 aliphatic heterocycles. The monoisotopic (exact) mass is 485 g/mol. The van der Waals surface area contributed by atoms with Crippen molar-refractivity contribution in [2.45, 2.75) is 38.5 Å². The van der Waals surface area contributed by atoms with Crippen LogP contribution in [0.3, 0.4) is 0 Å². The summed E-state index contributed by atoms with van der Waals surface area (Å²) in [5.41, 5.74) is 4.16. The Morgan fingerprint density at radius 3 is 2.25 bits per heavy atom. The number of esters is 1. The van der Waals surface area contributed by atoms with Crippen LogP contribution >= 0.6 is 0 Å². The molecule has 1 heterocycles. The molecule has 0 fully saturated rings. The van der Waals surface area contributed by atoms with Crippen LogP contribution in [0.2, 0.25) is 0 Å². The van der Waals surface area contributed by atoms with E-state index in [0.29, 0.717) is 12.2 Å². The Kier molecular flexibility index (Phi) is 8.44. The van der Waals surface area contributed by atoms with Crippen molar-refractivity contribution in [1.82, 2.24) is 9.47 Å². The molecule has 1 N–H and O–H groups in total. The molecule has 0 amide bonds. The van der Waals surface area contributed by atoms with Gasteiger partial charge in [0.05, 0.1) is 33.3 Å². The maximum atomic E-state index is 12.2. The van der Waals surface area contributed by atoms with Crippen molar-refractivity contribution in [1.29, 1.82) is 0 Å². The number of fused-ring (bicyclic) bond motifs is 1. The number of H-pyrrole nitrogens is 1. The van der Waals surface area contributed by atoms with Gasteiger partial charge in [-0.3, -0.25) is 4.48 Å². The minimum absolute atomic E-state index is 0.237. The van der Waals surface area contributed by atoms with Gasteiger partial charge in [0.2, 0.25) is 0 Å². The Hall–Kier alpha value is -3.57. The van der Waals surface area contributed by atoms with Crippen molar-refractivity contribution in [2.75, 3.05) is 27.7 Å². The van der Waals surface area contributed by atoms with Gasteiger partial charge in [0.1, 0.15) is 17.2 Å². The molecular weight excluding hydrogens is 448 g/mol. The number of carbonyl (C=O) groups is 1. The Bertz CT molecular complexity index is 1250. The predicted octanol–water partition coefficient (Wildman–Crippen LogP) is 7.51. The lowest BCUT2D eigenvalue weighted by atomic mass is 10.1. The minimum atomic E-state index is -0.237. The number of unbranched alkanes of at least 4 members (excludes halogenated alkanes) is 4. The van der Waals surface area contributed by atoms with Gasteiger partial charge >= 0.3 is 5.97 Å². The lowest BCUT2D eigenvalue weighted by Gasteiger charge is -2.23. The fraction of sp³-hybridized carbons (Fsp3) is 0.323. The first-order valence-electron chi connectivity index (χ1n) is 12.8. The number of hydrogen-bond acceptors (Lipinski definition) is 3. The number of rotatable bonds is 12. The Labute approximate surface area is 214 Å². The quantitative estimate of drug-likeness (QED) is 0.128. The van der Waals surface area contributed by atoms with Gasteiger partial charge in [0.25, 0.3) is 0 Å². The second-order valence-corrected chi connectivity index (χ2v) is 10.2. The van der Waals surface area contributed by atoms with Crippen molar-refractivity contribution in [2.24, 2.45) is 0 Å². The van der Waals surface area contributed by atoms with E-state index in [1.54, 1.807) is 0 Å². The summed E-state index contributed by atoms with van der Waals surface area (Å²) in [6.07, 6.45) is 6.45. The largest absolute Gasteiger partial charge is 0.462 e. The molecule has 0 bridgehead atoms. The predicted molar refractivity (Wildman–Crippen MR) is 148 cm³/mol. The molecule has 4 rings (SSSR count). The summed E-state index contributed by atoms with van der Waals surface area (Å²) in [6.45, 7) is 0.478. The standard InChI is InChI=1S/C31H37N2O3/c1-33(2,3)27-17-15-24(16-18-27)31(34)35-21-11-6-4-5-8-12-26-22-25-23-29(19-20-30(25)32-26)36-28-13-9-7-10-14-28/h7,9-10,13-20,22-23,32H,4-6,8,11-12,21H2,1-3H3/q+1. The molecule has 1 aromatic heterocycles. The number of ether oxygens (including phenoxy) is 2. The molecule has 36 heavy (non-hydrogen) atoms. The summed E-state index contributed by atoms with van der Waals surface area (Å²) in [5, 5.41) is 1.17. The number of carbonyl (C=O) groups excluding carboxylic acids is 1. The van der Waals surface area contributed by atoms with Crippen LogP contribution in [-0.4, -0.2) is 38.7 Å². The third-order valence-electron chi connectivity index (χ3n) is 6.33. The summed E-state index contributed by atoms with van der Waals surface area (Å²) >= 11 is 0. The van der Waals surface area contributed by atoms with Gasteiger partial charge in [0.15, 0.2) is 0 Å². The summed E-state index contributed by atoms with van der Waals surface area (Å²) < 4.78 is 12.1. The number of nitrogens with one attached hydrogen (secondary N) is 1. The molecule has 0 aliphatic rings. The molecule has 0 radical (unpaired) electrons. The third-order valence-corrected chi connectivity index (χ3v) is 6.33. The smallest absolute Gasteiger partial charge is 0.338 e. The summed E-state index contributed by atoms with van der Waals surface area (Å²) in [5.74, 6) is 1.46. The van der Waals surface area contributed by atoms with E-state index < -0.39 is 0 Å². The number of benzene rings is 3. The summed E-state index contributed by atoms with van der Waals surface area (Å²) in [7, 11) is 6.31. The number of para-hydroxylation sites is 1. The first-order valence-corrected chi connectivity index (χ1v) is 12.8. The average molecular weight is 486 g/mol. The van der Waals surface area contributed by atoms with Gasteiger partial charge < -0.3 is 14.5 Å². The SMILES string of the molecule is C[N+](C)(C)c1ccc(C(=O)OCCCCCCCc2cc3cc(Oc4ccccc4)ccc3[nH]2)cc1. The maximum Gasteiger partial charge on any atom is 0.338 e. The van der Waals surface area contributed by atoms with E-state index in [1.165, 1.54) is 11.1 Å². The molecule has 0 unspecified atom stereocenters. The van der Waals surface area contributed by atoms with E-state index in [2.05, 4.69) is 44.3 Å². The second kappa shape index (κ2) is 11.9. The van der Waals surface area contributed by atoms with Crippen molar-refractivity contribution in [3.05, 3.63) is 90.1 Å². The molecule has 0 atom stereocenters. The highest BCUT2D eigenvalue weighted by Gasteiger charge is 2.13. The normalized spacial score (nSPS) is 11.5. The van der Waals surface area contributed by atoms with Gasteiger partial charge in [0, 0.05) is 16.6 Å². The van der Waals surface area contributed by atoms with Crippen molar-refractivity contribution < 1.29 is 14.3 Å². The van der Waals surface area contributed by atoms with Gasteiger partial charge in [-0.1, -0.05) is 37.5 Å². The summed E-state index contributed by atoms with van der Waals surface area (Å²) in [6, 6.07) is 25.9. The average Bonchev–Trinajstić information content (AvgIpc) is 3.28. The first-order chi connectivity index (χ1) is 17.4. The Balaban J connectivity index is 1.12. The molecule has 0 saturated carbocycles. The highest BCUT2D eigenvalue weighted by Crippen LogP contribution is 2.26. The van der Waals surface area contributed by atoms with Crippen LogP contribution in [0.4, 0.5) is 5.69 Å². The zero-order chi connectivity index (χ0) is 25.4. The molecule has 5 heteroatoms. The molecule has 5 nitrogen and oxygen atoms in total. The lowest BCUT2D eigenvalue weighted by Crippen LogP contribution is -2.34. The fourth-order valence-electron chi connectivity index (χ4n) is 4.23. The van der Waals surface area contributed by atoms with Crippen LogP contribution in [0.15, 0.2) is 78.9 Å². The zero-order valence-electron chi connectivity index (χ0n) is 21.6. The van der Waals surface area contributed by atoms with Crippen LogP contribution in [0, 0.1) is 0 Å². The zero-order valence-corrected chi connectivity index (χ0v) is 21.6. The van der Waals surface area contributed by atoms with Crippen LogP contribution in [0.5, 0.6) is 11.5 Å². The third kappa shape index (κ3) is 7.22. The first kappa shape index (κ1) is 25.5. The Morgan fingerprint density at radius 2 is 1.50 bits per heavy atom. The highest BCUT2D eigenvalue weighted by atomic mass is 16.5. The molecule has 4 aromatic rings. The maximum absolute atomic E-state index is 12.2. The minimum Gasteiger partial charge on any atom is -0.462 e. The van der Waals surface area contributed by atoms with Crippen LogP contribution in [0.1, 0.15) is 48.2 Å². The van der Waals surface area contributed by atoms with Crippen molar-refractivity contribution in [3.63, 3.8) is 0 Å². The van der Waals surface area contributed by atoms with E-state index >= 15 is 0 Å². The molecular formula is C31H37N2O3+. The van der Waals surface area contributed by atoms with Crippen molar-refractivity contribution in [3.8, 4) is 11.5 Å². The molecule has 0 spiro atoms. The fourth-order valence-corrected chi connectivity index (χ4v) is 4.23. The highest BCUT2D eigenvalue weighted by molar-refractivity contribution is 5.89. The number of quaternary nitrogens is 1. The topological polar surface area (TPSA) is 51.3 Å². The van der Waals surface area contributed by atoms with Crippen LogP contribution in [-0.2, 0) is 11.2 Å². The number of aromatic nitrogens is 1. The van der Waals surface area contributed by atoms with E-state index in [4.69, 9.17) is 9.47 Å². The summed E-state index contributed by atoms with van der Waals surface area (Å²) in [4.78, 5) is 15.8. The van der Waals surface area contributed by atoms with E-state index in [-0.39, 0.29) is 5.97 Å². The van der Waals surface area contributed by atoms with Gasteiger partial charge in [-0.05, 0) is 79.9 Å². The van der Waals surface area contributed by atoms with Crippen LogP contribution < -0.4 is 9.22 Å². The molecule has 188 valence electrons. The number of hydrogen-bond donors (Lipinski definition) is 1. The molecule has 0 aliphatic carbocycles. The van der Waals surface area contributed by atoms with Gasteiger partial charge in [-0.25, -0.2) is 4.79 Å².